The topological polar surface area (TPSA) is 63.3 Å². The fourth-order valence-corrected chi connectivity index (χ4v) is 1.58. The van der Waals surface area contributed by atoms with Crippen molar-refractivity contribution in [1.82, 2.24) is 4.98 Å². The number of carboxylic acids is 1. The first-order chi connectivity index (χ1) is 7.16. The van der Waals surface area contributed by atoms with Gasteiger partial charge in [-0.25, -0.2) is 9.78 Å². The van der Waals surface area contributed by atoms with Gasteiger partial charge in [-0.15, -0.1) is 0 Å². The SMILES string of the molecule is O=C(O)/C=C/c1nc2cccc(Br)c2o1. The van der Waals surface area contributed by atoms with Crippen LogP contribution in [0.25, 0.3) is 17.2 Å². The number of carbonyl (C=O) groups is 1. The second kappa shape index (κ2) is 3.86. The molecule has 0 unspecified atom stereocenters. The molecule has 1 aromatic heterocycles. The smallest absolute Gasteiger partial charge is 0.328 e. The van der Waals surface area contributed by atoms with E-state index in [1.807, 2.05) is 12.1 Å². The minimum atomic E-state index is -1.03. The molecule has 0 spiro atoms. The van der Waals surface area contributed by atoms with E-state index in [-0.39, 0.29) is 5.89 Å². The van der Waals surface area contributed by atoms with Gasteiger partial charge in [-0.1, -0.05) is 6.07 Å². The molecule has 1 heterocycles. The van der Waals surface area contributed by atoms with Crippen LogP contribution < -0.4 is 0 Å². The van der Waals surface area contributed by atoms with Crippen molar-refractivity contribution in [3.05, 3.63) is 34.6 Å². The number of carboxylic acid groups (broad SMARTS) is 1. The number of benzene rings is 1. The Labute approximate surface area is 93.4 Å². The summed E-state index contributed by atoms with van der Waals surface area (Å²) in [4.78, 5) is 14.4. The highest BCUT2D eigenvalue weighted by Crippen LogP contribution is 2.24. The third kappa shape index (κ3) is 2.07. The van der Waals surface area contributed by atoms with Gasteiger partial charge >= 0.3 is 5.97 Å². The van der Waals surface area contributed by atoms with Crippen LogP contribution in [0.4, 0.5) is 0 Å². The number of para-hydroxylation sites is 1. The van der Waals surface area contributed by atoms with Crippen LogP contribution in [-0.4, -0.2) is 16.1 Å². The largest absolute Gasteiger partial charge is 0.478 e. The average Bonchev–Trinajstić information content (AvgIpc) is 2.59. The standard InChI is InChI=1S/C10H6BrNO3/c11-6-2-1-3-7-10(6)15-8(12-7)4-5-9(13)14/h1-5H,(H,13,14)/b5-4+. The Morgan fingerprint density at radius 3 is 3.00 bits per heavy atom. The third-order valence-corrected chi connectivity index (χ3v) is 2.38. The Kier molecular flexibility index (Phi) is 2.55. The minimum absolute atomic E-state index is 0.277. The zero-order valence-electron chi connectivity index (χ0n) is 7.48. The summed E-state index contributed by atoms with van der Waals surface area (Å²) >= 11 is 3.32. The van der Waals surface area contributed by atoms with Crippen LogP contribution in [-0.2, 0) is 4.79 Å². The highest BCUT2D eigenvalue weighted by atomic mass is 79.9. The van der Waals surface area contributed by atoms with Crippen molar-refractivity contribution in [3.8, 4) is 0 Å². The van der Waals surface area contributed by atoms with Crippen molar-refractivity contribution < 1.29 is 14.3 Å². The molecule has 76 valence electrons. The summed E-state index contributed by atoms with van der Waals surface area (Å²) in [5.41, 5.74) is 1.30. The lowest BCUT2D eigenvalue weighted by molar-refractivity contribution is -0.131. The maximum Gasteiger partial charge on any atom is 0.328 e. The average molecular weight is 268 g/mol. The van der Waals surface area contributed by atoms with E-state index in [0.29, 0.717) is 11.1 Å². The number of rotatable bonds is 2. The molecule has 0 aliphatic heterocycles. The van der Waals surface area contributed by atoms with E-state index in [9.17, 15) is 4.79 Å². The molecule has 5 heteroatoms. The number of fused-ring (bicyclic) bond motifs is 1. The number of nitrogens with zero attached hydrogens (tertiary/aromatic N) is 1. The van der Waals surface area contributed by atoms with Crippen LogP contribution in [0.2, 0.25) is 0 Å². The molecule has 0 radical (unpaired) electrons. The highest BCUT2D eigenvalue weighted by molar-refractivity contribution is 9.10. The summed E-state index contributed by atoms with van der Waals surface area (Å²) in [7, 11) is 0. The van der Waals surface area contributed by atoms with Crippen LogP contribution in [0, 0.1) is 0 Å². The molecule has 4 nitrogen and oxygen atoms in total. The quantitative estimate of drug-likeness (QED) is 0.850. The van der Waals surface area contributed by atoms with Gasteiger partial charge in [0.15, 0.2) is 5.58 Å². The first-order valence-electron chi connectivity index (χ1n) is 4.13. The predicted molar refractivity (Wildman–Crippen MR) is 58.4 cm³/mol. The fourth-order valence-electron chi connectivity index (χ4n) is 1.15. The van der Waals surface area contributed by atoms with Gasteiger partial charge in [0.2, 0.25) is 5.89 Å². The van der Waals surface area contributed by atoms with Crippen molar-refractivity contribution in [3.63, 3.8) is 0 Å². The van der Waals surface area contributed by atoms with Crippen LogP contribution in [0.15, 0.2) is 33.2 Å². The number of hydrogen-bond acceptors (Lipinski definition) is 3. The maximum absolute atomic E-state index is 10.3. The third-order valence-electron chi connectivity index (χ3n) is 1.75. The van der Waals surface area contributed by atoms with Gasteiger partial charge < -0.3 is 9.52 Å². The number of hydrogen-bond donors (Lipinski definition) is 1. The molecule has 0 saturated carbocycles. The van der Waals surface area contributed by atoms with E-state index in [1.165, 1.54) is 6.08 Å². The van der Waals surface area contributed by atoms with Gasteiger partial charge in [0.05, 0.1) is 4.47 Å². The molecule has 0 aliphatic rings. The van der Waals surface area contributed by atoms with Gasteiger partial charge in [0, 0.05) is 12.2 Å². The molecule has 1 N–H and O–H groups in total. The Bertz CT molecular complexity index is 545. The van der Waals surface area contributed by atoms with Crippen molar-refractivity contribution >= 4 is 39.1 Å². The van der Waals surface area contributed by atoms with Gasteiger partial charge in [-0.3, -0.25) is 0 Å². The van der Waals surface area contributed by atoms with Gasteiger partial charge in [-0.2, -0.15) is 0 Å². The van der Waals surface area contributed by atoms with E-state index in [2.05, 4.69) is 20.9 Å². The molecular weight excluding hydrogens is 262 g/mol. The van der Waals surface area contributed by atoms with E-state index in [1.54, 1.807) is 6.07 Å². The van der Waals surface area contributed by atoms with Crippen molar-refractivity contribution in [2.45, 2.75) is 0 Å². The summed E-state index contributed by atoms with van der Waals surface area (Å²) in [6.45, 7) is 0. The molecular formula is C10H6BrNO3. The number of halogens is 1. The first-order valence-corrected chi connectivity index (χ1v) is 4.92. The van der Waals surface area contributed by atoms with Gasteiger partial charge in [0.25, 0.3) is 0 Å². The zero-order valence-corrected chi connectivity index (χ0v) is 9.06. The molecule has 0 amide bonds. The lowest BCUT2D eigenvalue weighted by Gasteiger charge is -1.87. The molecule has 2 aromatic rings. The molecule has 0 saturated heterocycles. The lowest BCUT2D eigenvalue weighted by atomic mass is 10.3. The monoisotopic (exact) mass is 267 g/mol. The highest BCUT2D eigenvalue weighted by Gasteiger charge is 2.05. The summed E-state index contributed by atoms with van der Waals surface area (Å²) < 4.78 is 6.14. The summed E-state index contributed by atoms with van der Waals surface area (Å²) in [5.74, 6) is -0.754. The number of oxazole rings is 1. The van der Waals surface area contributed by atoms with Crippen LogP contribution >= 0.6 is 15.9 Å². The predicted octanol–water partition coefficient (Wildman–Crippen LogP) is 2.69. The normalized spacial score (nSPS) is 11.3. The second-order valence-corrected chi connectivity index (χ2v) is 3.67. The van der Waals surface area contributed by atoms with Crippen molar-refractivity contribution in [2.75, 3.05) is 0 Å². The maximum atomic E-state index is 10.3. The Morgan fingerprint density at radius 1 is 1.53 bits per heavy atom. The number of aromatic nitrogens is 1. The van der Waals surface area contributed by atoms with Gasteiger partial charge in [-0.05, 0) is 28.1 Å². The molecule has 0 bridgehead atoms. The minimum Gasteiger partial charge on any atom is -0.478 e. The van der Waals surface area contributed by atoms with Crippen LogP contribution in [0.5, 0.6) is 0 Å². The Morgan fingerprint density at radius 2 is 2.33 bits per heavy atom. The molecule has 0 fully saturated rings. The van der Waals surface area contributed by atoms with Crippen LogP contribution in [0.1, 0.15) is 5.89 Å². The van der Waals surface area contributed by atoms with Crippen molar-refractivity contribution in [2.24, 2.45) is 0 Å². The Hall–Kier alpha value is -1.62. The molecule has 15 heavy (non-hydrogen) atoms. The van der Waals surface area contributed by atoms with Crippen molar-refractivity contribution in [1.29, 1.82) is 0 Å². The van der Waals surface area contributed by atoms with E-state index in [0.717, 1.165) is 10.5 Å². The molecule has 0 aliphatic carbocycles. The van der Waals surface area contributed by atoms with Crippen LogP contribution in [0.3, 0.4) is 0 Å². The zero-order chi connectivity index (χ0) is 10.8. The lowest BCUT2D eigenvalue weighted by Crippen LogP contribution is -1.85. The first kappa shape index (κ1) is 9.92. The molecule has 0 atom stereocenters. The second-order valence-electron chi connectivity index (χ2n) is 2.81. The molecule has 2 rings (SSSR count). The van der Waals surface area contributed by atoms with E-state index in [4.69, 9.17) is 9.52 Å². The Balaban J connectivity index is 2.48. The summed E-state index contributed by atoms with van der Waals surface area (Å²) in [5, 5.41) is 8.44. The summed E-state index contributed by atoms with van der Waals surface area (Å²) in [6.07, 6.45) is 2.30. The number of aliphatic carboxylic acids is 1. The fraction of sp³-hybridized carbons (Fsp3) is 0. The summed E-state index contributed by atoms with van der Waals surface area (Å²) in [6, 6.07) is 5.46. The van der Waals surface area contributed by atoms with E-state index >= 15 is 0 Å². The van der Waals surface area contributed by atoms with E-state index < -0.39 is 5.97 Å². The molecule has 1 aromatic carbocycles. The van der Waals surface area contributed by atoms with Gasteiger partial charge in [0.1, 0.15) is 5.52 Å².